The molecule has 0 aliphatic heterocycles. The predicted octanol–water partition coefficient (Wildman–Crippen LogP) is 1.65. The van der Waals surface area contributed by atoms with Gasteiger partial charge in [0.15, 0.2) is 0 Å². The molecule has 0 heterocycles. The van der Waals surface area contributed by atoms with Gasteiger partial charge in [-0.05, 0) is 24.5 Å². The molecule has 0 amide bonds. The molecule has 0 saturated heterocycles. The summed E-state index contributed by atoms with van der Waals surface area (Å²) in [6.45, 7) is 0.262. The van der Waals surface area contributed by atoms with Gasteiger partial charge in [0.1, 0.15) is 0 Å². The van der Waals surface area contributed by atoms with Gasteiger partial charge in [0.25, 0.3) is 0 Å². The number of aryl methyl sites for hydroxylation is 1. The predicted molar refractivity (Wildman–Crippen MR) is 51.4 cm³/mol. The minimum atomic E-state index is 0.262. The van der Waals surface area contributed by atoms with Gasteiger partial charge in [-0.2, -0.15) is 0 Å². The molecule has 0 aromatic heterocycles. The van der Waals surface area contributed by atoms with Gasteiger partial charge >= 0.3 is 0 Å². The first kappa shape index (κ1) is 9.07. The second-order valence-corrected chi connectivity index (χ2v) is 2.73. The van der Waals surface area contributed by atoms with Gasteiger partial charge in [0.2, 0.25) is 0 Å². The van der Waals surface area contributed by atoms with Crippen LogP contribution in [0.2, 0.25) is 0 Å². The van der Waals surface area contributed by atoms with Crippen molar-refractivity contribution in [2.24, 2.45) is 0 Å². The number of hydrogen-bond acceptors (Lipinski definition) is 2. The summed E-state index contributed by atoms with van der Waals surface area (Å²) in [6.07, 6.45) is 1.77. The lowest BCUT2D eigenvalue weighted by molar-refractivity contribution is 0.288. The fourth-order valence-electron chi connectivity index (χ4n) is 1.25. The highest BCUT2D eigenvalue weighted by Crippen LogP contribution is 2.15. The van der Waals surface area contributed by atoms with Gasteiger partial charge in [0.05, 0.1) is 0 Å². The van der Waals surface area contributed by atoms with E-state index in [4.69, 9.17) is 5.11 Å². The van der Waals surface area contributed by atoms with Crippen molar-refractivity contribution in [2.75, 3.05) is 19.0 Å². The zero-order valence-corrected chi connectivity index (χ0v) is 7.38. The molecule has 0 aliphatic carbocycles. The lowest BCUT2D eigenvalue weighted by Crippen LogP contribution is -1.96. The van der Waals surface area contributed by atoms with Gasteiger partial charge in [0, 0.05) is 19.3 Å². The van der Waals surface area contributed by atoms with E-state index in [-0.39, 0.29) is 6.61 Å². The number of hydrogen-bond donors (Lipinski definition) is 2. The van der Waals surface area contributed by atoms with Crippen LogP contribution in [0, 0.1) is 0 Å². The summed E-state index contributed by atoms with van der Waals surface area (Å²) in [6, 6.07) is 8.16. The Hall–Kier alpha value is -1.02. The Morgan fingerprint density at radius 3 is 2.75 bits per heavy atom. The molecule has 0 atom stereocenters. The zero-order chi connectivity index (χ0) is 8.81. The van der Waals surface area contributed by atoms with E-state index < -0.39 is 0 Å². The molecule has 1 aromatic carbocycles. The highest BCUT2D eigenvalue weighted by Gasteiger charge is 1.97. The number of rotatable bonds is 4. The Morgan fingerprint density at radius 1 is 1.33 bits per heavy atom. The molecule has 66 valence electrons. The SMILES string of the molecule is CNc1ccccc1CCCO. The van der Waals surface area contributed by atoms with Crippen LogP contribution in [0.3, 0.4) is 0 Å². The molecular formula is C10H15NO. The average Bonchev–Trinajstić information content (AvgIpc) is 2.15. The number of aliphatic hydroxyl groups is 1. The van der Waals surface area contributed by atoms with Crippen LogP contribution in [0.5, 0.6) is 0 Å². The van der Waals surface area contributed by atoms with Gasteiger partial charge in [-0.15, -0.1) is 0 Å². The van der Waals surface area contributed by atoms with Crippen molar-refractivity contribution in [1.29, 1.82) is 0 Å². The fourth-order valence-corrected chi connectivity index (χ4v) is 1.25. The van der Waals surface area contributed by atoms with Crippen LogP contribution in [-0.2, 0) is 6.42 Å². The quantitative estimate of drug-likeness (QED) is 0.711. The van der Waals surface area contributed by atoms with Gasteiger partial charge in [-0.25, -0.2) is 0 Å². The topological polar surface area (TPSA) is 32.3 Å². The highest BCUT2D eigenvalue weighted by atomic mass is 16.2. The molecule has 1 rings (SSSR count). The van der Waals surface area contributed by atoms with Crippen LogP contribution in [0.15, 0.2) is 24.3 Å². The third-order valence-corrected chi connectivity index (χ3v) is 1.89. The van der Waals surface area contributed by atoms with Gasteiger partial charge < -0.3 is 10.4 Å². The van der Waals surface area contributed by atoms with Crippen molar-refractivity contribution < 1.29 is 5.11 Å². The summed E-state index contributed by atoms with van der Waals surface area (Å²) in [5.41, 5.74) is 2.43. The highest BCUT2D eigenvalue weighted by molar-refractivity contribution is 5.50. The van der Waals surface area contributed by atoms with Gasteiger partial charge in [-0.3, -0.25) is 0 Å². The molecule has 0 aliphatic rings. The Morgan fingerprint density at radius 2 is 2.08 bits per heavy atom. The number of para-hydroxylation sites is 1. The number of aliphatic hydroxyl groups excluding tert-OH is 1. The molecule has 0 saturated carbocycles. The number of benzene rings is 1. The van der Waals surface area contributed by atoms with Crippen LogP contribution >= 0.6 is 0 Å². The Labute approximate surface area is 73.2 Å². The van der Waals surface area contributed by atoms with Crippen LogP contribution in [-0.4, -0.2) is 18.8 Å². The summed E-state index contributed by atoms with van der Waals surface area (Å²) in [5.74, 6) is 0. The Bertz CT molecular complexity index is 235. The molecule has 12 heavy (non-hydrogen) atoms. The standard InChI is InChI=1S/C10H15NO/c1-11-10-7-3-2-5-9(10)6-4-8-12/h2-3,5,7,11-12H,4,6,8H2,1H3. The maximum absolute atomic E-state index is 8.67. The summed E-state index contributed by atoms with van der Waals surface area (Å²) < 4.78 is 0. The third-order valence-electron chi connectivity index (χ3n) is 1.89. The first-order chi connectivity index (χ1) is 5.88. The van der Waals surface area contributed by atoms with E-state index in [9.17, 15) is 0 Å². The lowest BCUT2D eigenvalue weighted by Gasteiger charge is -2.06. The minimum Gasteiger partial charge on any atom is -0.396 e. The molecule has 2 heteroatoms. The molecule has 1 aromatic rings. The van der Waals surface area contributed by atoms with Crippen LogP contribution in [0.25, 0.3) is 0 Å². The van der Waals surface area contributed by atoms with Crippen LogP contribution in [0.1, 0.15) is 12.0 Å². The summed E-state index contributed by atoms with van der Waals surface area (Å²) in [7, 11) is 1.91. The van der Waals surface area contributed by atoms with Crippen molar-refractivity contribution in [2.45, 2.75) is 12.8 Å². The van der Waals surface area contributed by atoms with Crippen molar-refractivity contribution in [3.05, 3.63) is 29.8 Å². The fraction of sp³-hybridized carbons (Fsp3) is 0.400. The molecule has 0 radical (unpaired) electrons. The Balaban J connectivity index is 2.68. The molecule has 0 unspecified atom stereocenters. The van der Waals surface area contributed by atoms with E-state index in [0.29, 0.717) is 0 Å². The van der Waals surface area contributed by atoms with E-state index in [1.54, 1.807) is 0 Å². The summed E-state index contributed by atoms with van der Waals surface area (Å²) in [4.78, 5) is 0. The average molecular weight is 165 g/mol. The molecule has 0 spiro atoms. The number of nitrogens with one attached hydrogen (secondary N) is 1. The second-order valence-electron chi connectivity index (χ2n) is 2.73. The van der Waals surface area contributed by atoms with Crippen molar-refractivity contribution >= 4 is 5.69 Å². The van der Waals surface area contributed by atoms with E-state index in [0.717, 1.165) is 18.5 Å². The molecule has 2 N–H and O–H groups in total. The van der Waals surface area contributed by atoms with E-state index >= 15 is 0 Å². The minimum absolute atomic E-state index is 0.262. The smallest absolute Gasteiger partial charge is 0.0434 e. The lowest BCUT2D eigenvalue weighted by atomic mass is 10.1. The molecule has 0 bridgehead atoms. The summed E-state index contributed by atoms with van der Waals surface area (Å²) in [5, 5.41) is 11.8. The summed E-state index contributed by atoms with van der Waals surface area (Å²) >= 11 is 0. The van der Waals surface area contributed by atoms with E-state index in [1.165, 1.54) is 5.56 Å². The van der Waals surface area contributed by atoms with Crippen LogP contribution < -0.4 is 5.32 Å². The largest absolute Gasteiger partial charge is 0.396 e. The van der Waals surface area contributed by atoms with Crippen molar-refractivity contribution in [3.63, 3.8) is 0 Å². The first-order valence-corrected chi connectivity index (χ1v) is 4.25. The maximum Gasteiger partial charge on any atom is 0.0434 e. The molecule has 0 fully saturated rings. The van der Waals surface area contributed by atoms with Gasteiger partial charge in [-0.1, -0.05) is 18.2 Å². The number of anilines is 1. The zero-order valence-electron chi connectivity index (χ0n) is 7.38. The normalized spacial score (nSPS) is 9.83. The monoisotopic (exact) mass is 165 g/mol. The van der Waals surface area contributed by atoms with E-state index in [1.807, 2.05) is 25.2 Å². The van der Waals surface area contributed by atoms with Crippen LogP contribution in [0.4, 0.5) is 5.69 Å². The maximum atomic E-state index is 8.67. The van der Waals surface area contributed by atoms with Crippen molar-refractivity contribution in [1.82, 2.24) is 0 Å². The first-order valence-electron chi connectivity index (χ1n) is 4.25. The van der Waals surface area contributed by atoms with E-state index in [2.05, 4.69) is 11.4 Å². The molecule has 2 nitrogen and oxygen atoms in total. The Kier molecular flexibility index (Phi) is 3.61. The van der Waals surface area contributed by atoms with Crippen molar-refractivity contribution in [3.8, 4) is 0 Å². The molecular weight excluding hydrogens is 150 g/mol. The third kappa shape index (κ3) is 2.24. The second kappa shape index (κ2) is 4.78.